The zero-order valence-corrected chi connectivity index (χ0v) is 11.9. The lowest BCUT2D eigenvalue weighted by atomic mass is 10.2. The van der Waals surface area contributed by atoms with Crippen LogP contribution >= 0.6 is 0 Å². The SMILES string of the molecule is CCOC(=O)COCCN(C)CC1CCCN1C. The van der Waals surface area contributed by atoms with Gasteiger partial charge in [-0.05, 0) is 40.4 Å². The number of carbonyl (C=O) groups is 1. The molecule has 1 atom stereocenters. The molecule has 1 aliphatic rings. The first-order chi connectivity index (χ1) is 8.63. The molecule has 1 saturated heterocycles. The minimum absolute atomic E-state index is 0.0605. The van der Waals surface area contributed by atoms with Crippen LogP contribution in [0.5, 0.6) is 0 Å². The summed E-state index contributed by atoms with van der Waals surface area (Å²) in [5.41, 5.74) is 0. The van der Waals surface area contributed by atoms with Crippen molar-refractivity contribution < 1.29 is 14.3 Å². The first-order valence-electron chi connectivity index (χ1n) is 6.75. The molecular formula is C13H26N2O3. The fourth-order valence-corrected chi connectivity index (χ4v) is 2.24. The van der Waals surface area contributed by atoms with Gasteiger partial charge in [0.25, 0.3) is 0 Å². The number of likely N-dealkylation sites (N-methyl/N-ethyl adjacent to an activating group) is 2. The highest BCUT2D eigenvalue weighted by atomic mass is 16.6. The van der Waals surface area contributed by atoms with E-state index >= 15 is 0 Å². The van der Waals surface area contributed by atoms with Crippen molar-refractivity contribution in [2.45, 2.75) is 25.8 Å². The lowest BCUT2D eigenvalue weighted by Crippen LogP contribution is -2.38. The Labute approximate surface area is 110 Å². The average Bonchev–Trinajstić information content (AvgIpc) is 2.71. The third kappa shape index (κ3) is 5.80. The summed E-state index contributed by atoms with van der Waals surface area (Å²) in [4.78, 5) is 15.7. The summed E-state index contributed by atoms with van der Waals surface area (Å²) in [6, 6.07) is 0.667. The summed E-state index contributed by atoms with van der Waals surface area (Å²) in [7, 11) is 4.28. The van der Waals surface area contributed by atoms with Crippen LogP contribution in [-0.4, -0.2) is 75.4 Å². The minimum Gasteiger partial charge on any atom is -0.464 e. The number of carbonyl (C=O) groups excluding carboxylic acids is 1. The van der Waals surface area contributed by atoms with E-state index in [9.17, 15) is 4.79 Å². The van der Waals surface area contributed by atoms with E-state index in [2.05, 4.69) is 23.9 Å². The van der Waals surface area contributed by atoms with Crippen LogP contribution in [0.25, 0.3) is 0 Å². The molecule has 1 fully saturated rings. The van der Waals surface area contributed by atoms with E-state index in [1.165, 1.54) is 19.4 Å². The average molecular weight is 258 g/mol. The second-order valence-electron chi connectivity index (χ2n) is 4.90. The van der Waals surface area contributed by atoms with E-state index in [0.717, 1.165) is 13.1 Å². The number of rotatable bonds is 8. The Bertz CT molecular complexity index is 248. The van der Waals surface area contributed by atoms with Crippen LogP contribution in [0.3, 0.4) is 0 Å². The maximum absolute atomic E-state index is 11.0. The summed E-state index contributed by atoms with van der Waals surface area (Å²) >= 11 is 0. The van der Waals surface area contributed by atoms with Gasteiger partial charge in [-0.15, -0.1) is 0 Å². The Balaban J connectivity index is 2.03. The number of likely N-dealkylation sites (tertiary alicyclic amines) is 1. The second-order valence-corrected chi connectivity index (χ2v) is 4.90. The molecule has 0 bridgehead atoms. The Morgan fingerprint density at radius 2 is 2.28 bits per heavy atom. The quantitative estimate of drug-likeness (QED) is 0.471. The van der Waals surface area contributed by atoms with Gasteiger partial charge < -0.3 is 19.3 Å². The molecule has 0 radical (unpaired) electrons. The van der Waals surface area contributed by atoms with Crippen LogP contribution in [0.1, 0.15) is 19.8 Å². The molecule has 1 unspecified atom stereocenters. The maximum atomic E-state index is 11.0. The fourth-order valence-electron chi connectivity index (χ4n) is 2.24. The van der Waals surface area contributed by atoms with Crippen LogP contribution in [0, 0.1) is 0 Å². The van der Waals surface area contributed by atoms with E-state index in [1.807, 2.05) is 0 Å². The molecule has 5 heteroatoms. The first kappa shape index (κ1) is 15.4. The normalized spacial score (nSPS) is 20.6. The number of esters is 1. The molecule has 1 aliphatic heterocycles. The van der Waals surface area contributed by atoms with Crippen molar-refractivity contribution in [3.63, 3.8) is 0 Å². The van der Waals surface area contributed by atoms with Gasteiger partial charge in [0, 0.05) is 19.1 Å². The first-order valence-corrected chi connectivity index (χ1v) is 6.75. The zero-order valence-electron chi connectivity index (χ0n) is 11.9. The molecule has 0 saturated carbocycles. The molecule has 0 N–H and O–H groups in total. The standard InChI is InChI=1S/C13H26N2O3/c1-4-18-13(16)11-17-9-8-14(2)10-12-6-5-7-15(12)3/h12H,4-11H2,1-3H3. The van der Waals surface area contributed by atoms with E-state index in [4.69, 9.17) is 9.47 Å². The lowest BCUT2D eigenvalue weighted by Gasteiger charge is -2.25. The van der Waals surface area contributed by atoms with Gasteiger partial charge in [0.2, 0.25) is 0 Å². The summed E-state index contributed by atoms with van der Waals surface area (Å²) in [6.07, 6.45) is 2.58. The molecule has 0 aromatic carbocycles. The van der Waals surface area contributed by atoms with Crippen LogP contribution in [-0.2, 0) is 14.3 Å². The molecule has 1 rings (SSSR count). The molecule has 0 aromatic heterocycles. The predicted octanol–water partition coefficient (Wildman–Crippen LogP) is 0.592. The van der Waals surface area contributed by atoms with Crippen molar-refractivity contribution >= 4 is 5.97 Å². The van der Waals surface area contributed by atoms with Crippen molar-refractivity contribution in [1.29, 1.82) is 0 Å². The Morgan fingerprint density at radius 3 is 2.89 bits per heavy atom. The van der Waals surface area contributed by atoms with Gasteiger partial charge >= 0.3 is 5.97 Å². The molecule has 0 aliphatic carbocycles. The Morgan fingerprint density at radius 1 is 1.50 bits per heavy atom. The third-order valence-electron chi connectivity index (χ3n) is 3.34. The highest BCUT2D eigenvalue weighted by Crippen LogP contribution is 2.15. The smallest absolute Gasteiger partial charge is 0.332 e. The molecule has 106 valence electrons. The summed E-state index contributed by atoms with van der Waals surface area (Å²) in [5, 5.41) is 0. The number of hydrogen-bond acceptors (Lipinski definition) is 5. The van der Waals surface area contributed by atoms with Gasteiger partial charge in [0.05, 0.1) is 13.2 Å². The van der Waals surface area contributed by atoms with Crippen LogP contribution in [0.4, 0.5) is 0 Å². The maximum Gasteiger partial charge on any atom is 0.332 e. The molecule has 1 heterocycles. The monoisotopic (exact) mass is 258 g/mol. The van der Waals surface area contributed by atoms with Gasteiger partial charge in [-0.2, -0.15) is 0 Å². The highest BCUT2D eigenvalue weighted by molar-refractivity contribution is 5.70. The van der Waals surface area contributed by atoms with Crippen LogP contribution in [0.15, 0.2) is 0 Å². The topological polar surface area (TPSA) is 42.0 Å². The van der Waals surface area contributed by atoms with Crippen molar-refractivity contribution in [2.24, 2.45) is 0 Å². The summed E-state index contributed by atoms with van der Waals surface area (Å²) < 4.78 is 10.1. The van der Waals surface area contributed by atoms with E-state index in [-0.39, 0.29) is 12.6 Å². The fraction of sp³-hybridized carbons (Fsp3) is 0.923. The predicted molar refractivity (Wildman–Crippen MR) is 70.6 cm³/mol. The molecule has 18 heavy (non-hydrogen) atoms. The van der Waals surface area contributed by atoms with Crippen molar-refractivity contribution in [1.82, 2.24) is 9.80 Å². The summed E-state index contributed by atoms with van der Waals surface area (Å²) in [5.74, 6) is -0.282. The molecule has 0 amide bonds. The summed E-state index contributed by atoms with van der Waals surface area (Å²) in [6.45, 7) is 5.97. The van der Waals surface area contributed by atoms with Crippen LogP contribution in [0.2, 0.25) is 0 Å². The number of ether oxygens (including phenoxy) is 2. The zero-order chi connectivity index (χ0) is 13.4. The Hall–Kier alpha value is -0.650. The van der Waals surface area contributed by atoms with Gasteiger partial charge in [-0.1, -0.05) is 0 Å². The second kappa shape index (κ2) is 8.45. The Kier molecular flexibility index (Phi) is 7.23. The number of nitrogens with zero attached hydrogens (tertiary/aromatic N) is 2. The van der Waals surface area contributed by atoms with E-state index in [0.29, 0.717) is 19.3 Å². The molecule has 5 nitrogen and oxygen atoms in total. The highest BCUT2D eigenvalue weighted by Gasteiger charge is 2.21. The minimum atomic E-state index is -0.282. The van der Waals surface area contributed by atoms with Crippen LogP contribution < -0.4 is 0 Å². The van der Waals surface area contributed by atoms with E-state index in [1.54, 1.807) is 6.92 Å². The van der Waals surface area contributed by atoms with Crippen molar-refractivity contribution in [3.05, 3.63) is 0 Å². The third-order valence-corrected chi connectivity index (χ3v) is 3.34. The van der Waals surface area contributed by atoms with Crippen molar-refractivity contribution in [2.75, 3.05) is 53.6 Å². The van der Waals surface area contributed by atoms with E-state index < -0.39 is 0 Å². The van der Waals surface area contributed by atoms with Gasteiger partial charge in [0.1, 0.15) is 6.61 Å². The largest absolute Gasteiger partial charge is 0.464 e. The van der Waals surface area contributed by atoms with Crippen molar-refractivity contribution in [3.8, 4) is 0 Å². The van der Waals surface area contributed by atoms with Gasteiger partial charge in [-0.3, -0.25) is 0 Å². The molecular weight excluding hydrogens is 232 g/mol. The lowest BCUT2D eigenvalue weighted by molar-refractivity contribution is -0.148. The van der Waals surface area contributed by atoms with Gasteiger partial charge in [0.15, 0.2) is 0 Å². The number of hydrogen-bond donors (Lipinski definition) is 0. The molecule has 0 spiro atoms. The van der Waals surface area contributed by atoms with Gasteiger partial charge in [-0.25, -0.2) is 4.79 Å². The molecule has 0 aromatic rings.